The van der Waals surface area contributed by atoms with Crippen LogP contribution in [0.1, 0.15) is 0 Å². The number of hydrogen-bond acceptors (Lipinski definition) is 4. The molecule has 6 heteroatoms. The summed E-state index contributed by atoms with van der Waals surface area (Å²) in [6.07, 6.45) is 0. The monoisotopic (exact) mass is 252 g/mol. The predicted octanol–water partition coefficient (Wildman–Crippen LogP) is 1.76. The van der Waals surface area contributed by atoms with Crippen LogP contribution in [0.3, 0.4) is 0 Å². The van der Waals surface area contributed by atoms with Crippen molar-refractivity contribution in [1.82, 2.24) is 9.78 Å². The minimum Gasteiger partial charge on any atom is -0.481 e. The molecule has 1 aromatic carbocycles. The molecule has 0 amide bonds. The molecular weight excluding hydrogens is 240 g/mol. The Morgan fingerprint density at radius 1 is 1.59 bits per heavy atom. The van der Waals surface area contributed by atoms with Gasteiger partial charge in [0.15, 0.2) is 0 Å². The molecule has 1 heterocycles. The third kappa shape index (κ3) is 2.36. The summed E-state index contributed by atoms with van der Waals surface area (Å²) in [5.74, 6) is -0.220. The first-order valence-electron chi connectivity index (χ1n) is 4.97. The first kappa shape index (κ1) is 11.8. The summed E-state index contributed by atoms with van der Waals surface area (Å²) in [5.41, 5.74) is 0.960. The average Bonchev–Trinajstić information content (AvgIpc) is 2.63. The quantitative estimate of drug-likeness (QED) is 0.840. The maximum absolute atomic E-state index is 10.5. The molecule has 1 aromatic heterocycles. The minimum absolute atomic E-state index is 0.0497. The molecule has 0 saturated carbocycles. The number of carboxylic acids is 1. The molecule has 0 atom stereocenters. The Bertz CT molecular complexity index is 565. The van der Waals surface area contributed by atoms with E-state index in [4.69, 9.17) is 9.84 Å². The first-order chi connectivity index (χ1) is 8.11. The summed E-state index contributed by atoms with van der Waals surface area (Å²) in [7, 11) is 3.41. The van der Waals surface area contributed by atoms with Crippen LogP contribution < -0.4 is 4.74 Å². The molecule has 0 aliphatic rings. The van der Waals surface area contributed by atoms with Crippen molar-refractivity contribution in [3.05, 3.63) is 18.2 Å². The zero-order chi connectivity index (χ0) is 12.4. The number of fused-ring (bicyclic) bond motifs is 1. The van der Waals surface area contributed by atoms with Crippen LogP contribution in [0.15, 0.2) is 23.1 Å². The molecule has 17 heavy (non-hydrogen) atoms. The van der Waals surface area contributed by atoms with Gasteiger partial charge in [0, 0.05) is 11.9 Å². The number of methoxy groups -OCH3 is 1. The number of benzene rings is 1. The number of aliphatic carboxylic acids is 1. The number of thioether (sulfide) groups is 1. The summed E-state index contributed by atoms with van der Waals surface area (Å²) in [4.78, 5) is 11.4. The number of aromatic nitrogens is 2. The van der Waals surface area contributed by atoms with Gasteiger partial charge in [-0.1, -0.05) is 0 Å². The second kappa shape index (κ2) is 4.67. The number of carboxylic acid groups (broad SMARTS) is 1. The van der Waals surface area contributed by atoms with Gasteiger partial charge in [-0.15, -0.1) is 16.9 Å². The Hall–Kier alpha value is -1.69. The van der Waals surface area contributed by atoms with Crippen molar-refractivity contribution < 1.29 is 14.6 Å². The van der Waals surface area contributed by atoms with Crippen molar-refractivity contribution in [2.75, 3.05) is 12.9 Å². The van der Waals surface area contributed by atoms with E-state index in [9.17, 15) is 4.79 Å². The van der Waals surface area contributed by atoms with Gasteiger partial charge in [-0.3, -0.25) is 9.48 Å². The van der Waals surface area contributed by atoms with Crippen LogP contribution in [-0.2, 0) is 11.8 Å². The van der Waals surface area contributed by atoms with E-state index in [0.717, 1.165) is 15.8 Å². The maximum Gasteiger partial charge on any atom is 0.313 e. The lowest BCUT2D eigenvalue weighted by molar-refractivity contribution is -0.133. The van der Waals surface area contributed by atoms with Crippen LogP contribution in [0.2, 0.25) is 0 Å². The van der Waals surface area contributed by atoms with Gasteiger partial charge in [0.05, 0.1) is 23.8 Å². The molecule has 5 nitrogen and oxygen atoms in total. The number of rotatable bonds is 4. The van der Waals surface area contributed by atoms with Gasteiger partial charge in [0.2, 0.25) is 5.88 Å². The fraction of sp³-hybridized carbons (Fsp3) is 0.273. The third-order valence-electron chi connectivity index (χ3n) is 2.34. The SMILES string of the molecule is COc1nn(C)c2ccc(SCC(=O)O)cc12. The Morgan fingerprint density at radius 3 is 3.00 bits per heavy atom. The number of hydrogen-bond donors (Lipinski definition) is 1. The molecule has 0 spiro atoms. The summed E-state index contributed by atoms with van der Waals surface area (Å²) in [5, 5.41) is 13.7. The lowest BCUT2D eigenvalue weighted by Crippen LogP contribution is -1.97. The van der Waals surface area contributed by atoms with Crippen LogP contribution in [0.25, 0.3) is 10.9 Å². The topological polar surface area (TPSA) is 64.4 Å². The van der Waals surface area contributed by atoms with E-state index in [1.807, 2.05) is 25.2 Å². The van der Waals surface area contributed by atoms with E-state index in [0.29, 0.717) is 5.88 Å². The summed E-state index contributed by atoms with van der Waals surface area (Å²) < 4.78 is 6.91. The van der Waals surface area contributed by atoms with Gasteiger partial charge < -0.3 is 9.84 Å². The van der Waals surface area contributed by atoms with Crippen LogP contribution in [-0.4, -0.2) is 33.7 Å². The Labute approximate surface area is 102 Å². The van der Waals surface area contributed by atoms with E-state index in [2.05, 4.69) is 5.10 Å². The second-order valence-corrected chi connectivity index (χ2v) is 4.54. The standard InChI is InChI=1S/C11H12N2O3S/c1-13-9-4-3-7(17-6-10(14)15)5-8(9)11(12-13)16-2/h3-5H,6H2,1-2H3,(H,14,15). The highest BCUT2D eigenvalue weighted by atomic mass is 32.2. The molecule has 2 aromatic rings. The zero-order valence-corrected chi connectivity index (χ0v) is 10.3. The average molecular weight is 252 g/mol. The highest BCUT2D eigenvalue weighted by Gasteiger charge is 2.10. The van der Waals surface area contributed by atoms with Gasteiger partial charge in [0.25, 0.3) is 0 Å². The lowest BCUT2D eigenvalue weighted by Gasteiger charge is -2.00. The molecular formula is C11H12N2O3S. The number of nitrogens with zero attached hydrogens (tertiary/aromatic N) is 2. The normalized spacial score (nSPS) is 10.7. The third-order valence-corrected chi connectivity index (χ3v) is 3.32. The largest absolute Gasteiger partial charge is 0.481 e. The fourth-order valence-corrected chi connectivity index (χ4v) is 2.25. The van der Waals surface area contributed by atoms with Crippen molar-refractivity contribution in [3.63, 3.8) is 0 Å². The maximum atomic E-state index is 10.5. The second-order valence-electron chi connectivity index (χ2n) is 3.49. The highest BCUT2D eigenvalue weighted by Crippen LogP contribution is 2.29. The number of carbonyl (C=O) groups is 1. The van der Waals surface area contributed by atoms with Crippen LogP contribution in [0.5, 0.6) is 5.88 Å². The van der Waals surface area contributed by atoms with Gasteiger partial charge >= 0.3 is 5.97 Å². The molecule has 2 rings (SSSR count). The lowest BCUT2D eigenvalue weighted by atomic mass is 10.2. The van der Waals surface area contributed by atoms with E-state index >= 15 is 0 Å². The van der Waals surface area contributed by atoms with Crippen LogP contribution in [0.4, 0.5) is 0 Å². The Balaban J connectivity index is 2.38. The van der Waals surface area contributed by atoms with Gasteiger partial charge in [-0.05, 0) is 18.2 Å². The van der Waals surface area contributed by atoms with Crippen molar-refractivity contribution in [2.24, 2.45) is 7.05 Å². The Kier molecular flexibility index (Phi) is 3.23. The van der Waals surface area contributed by atoms with Crippen molar-refractivity contribution in [3.8, 4) is 5.88 Å². The Morgan fingerprint density at radius 2 is 2.35 bits per heavy atom. The predicted molar refractivity (Wildman–Crippen MR) is 65.6 cm³/mol. The van der Waals surface area contributed by atoms with E-state index in [1.54, 1.807) is 11.8 Å². The number of ether oxygens (including phenoxy) is 1. The molecule has 0 aliphatic carbocycles. The first-order valence-corrected chi connectivity index (χ1v) is 5.95. The molecule has 90 valence electrons. The summed E-state index contributed by atoms with van der Waals surface area (Å²) in [6, 6.07) is 5.70. The molecule has 0 aliphatic heterocycles. The van der Waals surface area contributed by atoms with E-state index in [-0.39, 0.29) is 5.75 Å². The van der Waals surface area contributed by atoms with E-state index < -0.39 is 5.97 Å². The van der Waals surface area contributed by atoms with Crippen LogP contribution in [0, 0.1) is 0 Å². The van der Waals surface area contributed by atoms with Crippen LogP contribution >= 0.6 is 11.8 Å². The fourth-order valence-electron chi connectivity index (χ4n) is 1.60. The molecule has 0 unspecified atom stereocenters. The van der Waals surface area contributed by atoms with Crippen molar-refractivity contribution in [1.29, 1.82) is 0 Å². The molecule has 1 N–H and O–H groups in total. The van der Waals surface area contributed by atoms with Gasteiger partial charge in [0.1, 0.15) is 0 Å². The zero-order valence-electron chi connectivity index (χ0n) is 9.51. The minimum atomic E-state index is -0.826. The smallest absolute Gasteiger partial charge is 0.313 e. The summed E-state index contributed by atoms with van der Waals surface area (Å²) >= 11 is 1.28. The van der Waals surface area contributed by atoms with Crippen molar-refractivity contribution >= 4 is 28.6 Å². The highest BCUT2D eigenvalue weighted by molar-refractivity contribution is 8.00. The molecule has 0 saturated heterocycles. The van der Waals surface area contributed by atoms with Gasteiger partial charge in [-0.25, -0.2) is 0 Å². The van der Waals surface area contributed by atoms with E-state index in [1.165, 1.54) is 11.8 Å². The van der Waals surface area contributed by atoms with Crippen molar-refractivity contribution in [2.45, 2.75) is 4.90 Å². The number of aryl methyl sites for hydroxylation is 1. The molecule has 0 radical (unpaired) electrons. The molecule has 0 fully saturated rings. The summed E-state index contributed by atoms with van der Waals surface area (Å²) in [6.45, 7) is 0. The molecule has 0 bridgehead atoms. The van der Waals surface area contributed by atoms with Gasteiger partial charge in [-0.2, -0.15) is 0 Å².